The van der Waals surface area contributed by atoms with Gasteiger partial charge in [0.25, 0.3) is 0 Å². The number of nitrogens with zero attached hydrogens (tertiary/aromatic N) is 3. The molecule has 1 atom stereocenters. The third-order valence-electron chi connectivity index (χ3n) is 4.37. The van der Waals surface area contributed by atoms with Gasteiger partial charge in [-0.15, -0.1) is 0 Å². The summed E-state index contributed by atoms with van der Waals surface area (Å²) in [5.74, 6) is -1.28. The first-order valence-electron chi connectivity index (χ1n) is 12.8. The summed E-state index contributed by atoms with van der Waals surface area (Å²) in [4.78, 5) is 4.03. The van der Waals surface area contributed by atoms with E-state index in [1.807, 2.05) is 0 Å². The van der Waals surface area contributed by atoms with Crippen molar-refractivity contribution in [2.75, 3.05) is 18.8 Å². The number of aromatic nitrogens is 3. The van der Waals surface area contributed by atoms with Crippen LogP contribution in [0, 0.1) is 5.82 Å². The molecule has 0 amide bonds. The molecule has 1 aliphatic heterocycles. The summed E-state index contributed by atoms with van der Waals surface area (Å²) in [6, 6.07) is 1.08. The molecule has 30 heavy (non-hydrogen) atoms. The highest BCUT2D eigenvalue weighted by molar-refractivity contribution is 6.36. The van der Waals surface area contributed by atoms with Crippen LogP contribution in [-0.4, -0.2) is 27.9 Å². The number of anilines is 1. The van der Waals surface area contributed by atoms with E-state index in [4.69, 9.17) is 44.6 Å². The predicted octanol–water partition coefficient (Wildman–Crippen LogP) is 5.04. The first-order chi connectivity index (χ1) is 17.5. The minimum Gasteiger partial charge on any atom is -0.482 e. The van der Waals surface area contributed by atoms with E-state index in [9.17, 15) is 4.39 Å². The molecule has 0 radical (unpaired) electrons. The summed E-state index contributed by atoms with van der Waals surface area (Å²) in [5.41, 5.74) is 6.24. The largest absolute Gasteiger partial charge is 0.482 e. The maximum atomic E-state index is 14.2. The number of nitrogen functional groups attached to an aromatic ring is 1. The molecule has 6 nitrogen and oxygen atoms in total. The zero-order valence-corrected chi connectivity index (χ0v) is 16.9. The molecule has 9 heteroatoms. The van der Waals surface area contributed by atoms with Crippen LogP contribution in [0.4, 0.5) is 10.2 Å². The maximum absolute atomic E-state index is 14.2. The molecule has 0 unspecified atom stereocenters. The lowest BCUT2D eigenvalue weighted by Crippen LogP contribution is -2.29. The lowest BCUT2D eigenvalue weighted by atomic mass is 10.1. The first-order valence-corrected chi connectivity index (χ1v) is 9.57. The molecule has 1 aromatic carbocycles. The van der Waals surface area contributed by atoms with Gasteiger partial charge in [-0.05, 0) is 50.9 Å². The molecule has 0 saturated carbocycles. The first kappa shape index (κ1) is 13.1. The highest BCUT2D eigenvalue weighted by Gasteiger charge is 2.21. The molecule has 3 N–H and O–H groups in total. The second kappa shape index (κ2) is 8.79. The Balaban J connectivity index is 1.74. The fourth-order valence-electron chi connectivity index (χ4n) is 2.85. The number of pyridine rings is 1. The van der Waals surface area contributed by atoms with E-state index in [0.717, 1.165) is 16.8 Å². The Labute approximate surface area is 195 Å². The SMILES string of the molecule is [2H]C([2H])([2H])[C@@H](Oc1cc(-c2cnn(C3([2H])C([2H])([2H])CNCC3([2H])[2H])c2)cnc1N)c1c(Cl)ccc(F)c1Cl. The van der Waals surface area contributed by atoms with Crippen LogP contribution in [0.25, 0.3) is 11.1 Å². The van der Waals surface area contributed by atoms with E-state index in [0.29, 0.717) is 11.1 Å². The van der Waals surface area contributed by atoms with E-state index < -0.39 is 42.6 Å². The Morgan fingerprint density at radius 1 is 1.37 bits per heavy atom. The van der Waals surface area contributed by atoms with E-state index in [-0.39, 0.29) is 35.2 Å². The van der Waals surface area contributed by atoms with Gasteiger partial charge >= 0.3 is 0 Å². The number of piperidine rings is 1. The third-order valence-corrected chi connectivity index (χ3v) is 5.09. The number of ether oxygens (including phenoxy) is 1. The van der Waals surface area contributed by atoms with Crippen molar-refractivity contribution in [3.05, 3.63) is 58.2 Å². The zero-order chi connectivity index (χ0) is 28.3. The number of hydrogen-bond donors (Lipinski definition) is 2. The van der Waals surface area contributed by atoms with Gasteiger partial charge in [-0.3, -0.25) is 4.68 Å². The summed E-state index contributed by atoms with van der Waals surface area (Å²) in [6.07, 6.45) is -2.57. The van der Waals surface area contributed by atoms with Crippen molar-refractivity contribution >= 4 is 29.0 Å². The van der Waals surface area contributed by atoms with E-state index in [1.54, 1.807) is 0 Å². The Kier molecular flexibility index (Phi) is 3.85. The number of halogens is 3. The van der Waals surface area contributed by atoms with Crippen LogP contribution in [-0.2, 0) is 0 Å². The van der Waals surface area contributed by atoms with Crippen molar-refractivity contribution in [3.63, 3.8) is 0 Å². The van der Waals surface area contributed by atoms with Gasteiger partial charge in [-0.1, -0.05) is 23.2 Å². The second-order valence-corrected chi connectivity index (χ2v) is 7.13. The van der Waals surface area contributed by atoms with Crippen LogP contribution in [0.3, 0.4) is 0 Å². The molecule has 2 aromatic heterocycles. The van der Waals surface area contributed by atoms with Gasteiger partial charge in [0.15, 0.2) is 11.6 Å². The predicted molar refractivity (Wildman–Crippen MR) is 116 cm³/mol. The number of rotatable bonds is 5. The highest BCUT2D eigenvalue weighted by Crippen LogP contribution is 2.37. The second-order valence-electron chi connectivity index (χ2n) is 6.34. The van der Waals surface area contributed by atoms with Crippen molar-refractivity contribution in [2.24, 2.45) is 0 Å². The minimum atomic E-state index is -2.85. The van der Waals surface area contributed by atoms with Gasteiger partial charge in [0.05, 0.1) is 18.6 Å². The van der Waals surface area contributed by atoms with Crippen LogP contribution >= 0.6 is 23.2 Å². The molecular formula is C21H22Cl2FN5O. The summed E-state index contributed by atoms with van der Waals surface area (Å²) >= 11 is 12.2. The molecule has 1 saturated heterocycles. The van der Waals surface area contributed by atoms with Gasteiger partial charge in [-0.25, -0.2) is 9.37 Å². The molecule has 4 rings (SSSR count). The topological polar surface area (TPSA) is 78.0 Å². The van der Waals surface area contributed by atoms with Crippen molar-refractivity contribution < 1.29 is 20.1 Å². The normalized spacial score (nSPS) is 24.6. The van der Waals surface area contributed by atoms with Crippen molar-refractivity contribution in [1.29, 1.82) is 0 Å². The lowest BCUT2D eigenvalue weighted by Gasteiger charge is -2.22. The maximum Gasteiger partial charge on any atom is 0.166 e. The molecule has 158 valence electrons. The molecule has 3 heterocycles. The van der Waals surface area contributed by atoms with Gasteiger partial charge in [0.1, 0.15) is 11.9 Å². The summed E-state index contributed by atoms with van der Waals surface area (Å²) in [6.45, 7) is -3.36. The Morgan fingerprint density at radius 2 is 2.17 bits per heavy atom. The summed E-state index contributed by atoms with van der Waals surface area (Å²) < 4.78 is 86.5. The number of nitrogens with one attached hydrogen (secondary N) is 1. The number of benzene rings is 1. The molecule has 0 bridgehead atoms. The van der Waals surface area contributed by atoms with Crippen LogP contribution in [0.1, 0.15) is 48.2 Å². The Hall–Kier alpha value is -2.35. The zero-order valence-electron chi connectivity index (χ0n) is 23.4. The molecule has 0 spiro atoms. The van der Waals surface area contributed by atoms with Crippen LogP contribution in [0.5, 0.6) is 5.75 Å². The quantitative estimate of drug-likeness (QED) is 0.524. The number of nitrogens with two attached hydrogens (primary N) is 1. The van der Waals surface area contributed by atoms with Gasteiger partial charge < -0.3 is 15.8 Å². The summed E-state index contributed by atoms with van der Waals surface area (Å²) in [5, 5.41) is 6.07. The lowest BCUT2D eigenvalue weighted by molar-refractivity contribution is 0.227. The standard InChI is InChI=1S/C21H22Cl2FN5O/c1-12(19-16(22)2-3-17(24)20(19)23)30-18-8-13(9-27-21(18)25)14-10-28-29(11-14)15-4-6-26-7-5-15/h2-3,8-12,15,26H,4-7H2,1H3,(H2,25,27)/t12-/m1/s1/i1D3,4D2,5D2,15D. The fourth-order valence-corrected chi connectivity index (χ4v) is 3.42. The van der Waals surface area contributed by atoms with Crippen molar-refractivity contribution in [1.82, 2.24) is 20.1 Å². The summed E-state index contributed by atoms with van der Waals surface area (Å²) in [7, 11) is 0. The molecule has 0 aliphatic carbocycles. The highest BCUT2D eigenvalue weighted by atomic mass is 35.5. The van der Waals surface area contributed by atoms with Crippen molar-refractivity contribution in [2.45, 2.75) is 31.7 Å². The van der Waals surface area contributed by atoms with Crippen LogP contribution < -0.4 is 15.8 Å². The Bertz CT molecular complexity index is 1350. The average Bonchev–Trinajstić information content (AvgIpc) is 3.30. The van der Waals surface area contributed by atoms with Crippen LogP contribution in [0.15, 0.2) is 36.8 Å². The Morgan fingerprint density at radius 3 is 2.93 bits per heavy atom. The molecule has 1 aliphatic rings. The van der Waals surface area contributed by atoms with E-state index in [2.05, 4.69) is 15.4 Å². The molecular weight excluding hydrogens is 428 g/mol. The minimum absolute atomic E-state index is 0.132. The van der Waals surface area contributed by atoms with E-state index >= 15 is 0 Å². The van der Waals surface area contributed by atoms with Crippen LogP contribution in [0.2, 0.25) is 10.0 Å². The molecule has 1 fully saturated rings. The van der Waals surface area contributed by atoms with Gasteiger partial charge in [0.2, 0.25) is 0 Å². The molecule has 3 aromatic rings. The average molecular weight is 458 g/mol. The fraction of sp³-hybridized carbons (Fsp3) is 0.333. The van der Waals surface area contributed by atoms with Gasteiger partial charge in [0, 0.05) is 43.7 Å². The number of hydrogen-bond acceptors (Lipinski definition) is 5. The smallest absolute Gasteiger partial charge is 0.166 e. The van der Waals surface area contributed by atoms with Crippen molar-refractivity contribution in [3.8, 4) is 16.9 Å². The third kappa shape index (κ3) is 4.24. The monoisotopic (exact) mass is 457 g/mol. The van der Waals surface area contributed by atoms with E-state index in [1.165, 1.54) is 24.7 Å². The van der Waals surface area contributed by atoms with Gasteiger partial charge in [-0.2, -0.15) is 5.10 Å².